The van der Waals surface area contributed by atoms with E-state index in [0.29, 0.717) is 44.8 Å². The van der Waals surface area contributed by atoms with Gasteiger partial charge < -0.3 is 20.1 Å². The van der Waals surface area contributed by atoms with E-state index in [1.807, 2.05) is 12.1 Å². The predicted molar refractivity (Wildman–Crippen MR) is 144 cm³/mol. The first-order valence-corrected chi connectivity index (χ1v) is 13.7. The minimum Gasteiger partial charge on any atom is -0.379 e. The summed E-state index contributed by atoms with van der Waals surface area (Å²) < 4.78 is 10.8. The second-order valence-electron chi connectivity index (χ2n) is 9.91. The van der Waals surface area contributed by atoms with Crippen molar-refractivity contribution in [2.75, 3.05) is 51.4 Å². The Morgan fingerprint density at radius 3 is 2.10 bits per heavy atom. The highest BCUT2D eigenvalue weighted by Gasteiger charge is 2.41. The second kappa shape index (κ2) is 15.2. The molecule has 0 bridgehead atoms. The molecule has 0 spiro atoms. The fourth-order valence-electron chi connectivity index (χ4n) is 4.24. The van der Waals surface area contributed by atoms with Crippen molar-refractivity contribution in [3.05, 3.63) is 29.8 Å². The second-order valence-corrected chi connectivity index (χ2v) is 9.91. The van der Waals surface area contributed by atoms with Gasteiger partial charge in [0.25, 0.3) is 0 Å². The van der Waals surface area contributed by atoms with Gasteiger partial charge in [-0.15, -0.1) is 0 Å². The third-order valence-electron chi connectivity index (χ3n) is 7.05. The van der Waals surface area contributed by atoms with Crippen molar-refractivity contribution >= 4 is 41.1 Å². The van der Waals surface area contributed by atoms with Gasteiger partial charge in [0.1, 0.15) is 0 Å². The highest BCUT2D eigenvalue weighted by atomic mass is 16.5. The first-order valence-electron chi connectivity index (χ1n) is 13.7. The van der Waals surface area contributed by atoms with Gasteiger partial charge in [-0.25, -0.2) is 0 Å². The summed E-state index contributed by atoms with van der Waals surface area (Å²) in [4.78, 5) is 73.9. The molecule has 6 amide bonds. The van der Waals surface area contributed by atoms with E-state index in [-0.39, 0.29) is 86.3 Å². The van der Waals surface area contributed by atoms with Gasteiger partial charge in [0, 0.05) is 56.4 Å². The van der Waals surface area contributed by atoms with Gasteiger partial charge in [-0.1, -0.05) is 26.0 Å². The van der Waals surface area contributed by atoms with Gasteiger partial charge in [0.2, 0.25) is 35.4 Å². The van der Waals surface area contributed by atoms with Crippen LogP contribution in [0, 0.1) is 11.8 Å². The number of nitrogens with zero attached hydrogens (tertiary/aromatic N) is 2. The molecule has 2 unspecified atom stereocenters. The van der Waals surface area contributed by atoms with Crippen molar-refractivity contribution in [2.45, 2.75) is 46.0 Å². The summed E-state index contributed by atoms with van der Waals surface area (Å²) in [6.07, 6.45) is 1.47. The molecule has 2 heterocycles. The minimum atomic E-state index is -0.349. The van der Waals surface area contributed by atoms with Gasteiger partial charge in [-0.2, -0.15) is 0 Å². The molecule has 2 fully saturated rings. The maximum absolute atomic E-state index is 12.1. The van der Waals surface area contributed by atoms with Crippen LogP contribution in [-0.4, -0.2) is 91.3 Å². The number of aryl methyl sites for hydroxylation is 1. The van der Waals surface area contributed by atoms with Crippen LogP contribution in [0.3, 0.4) is 0 Å². The first kappa shape index (κ1) is 30.9. The van der Waals surface area contributed by atoms with E-state index in [1.165, 1.54) is 4.90 Å². The van der Waals surface area contributed by atoms with E-state index in [0.717, 1.165) is 10.5 Å². The molecular formula is C28H38N4O8. The lowest BCUT2D eigenvalue weighted by Gasteiger charge is -2.28. The number of nitrogens with one attached hydrogen (secondary N) is 2. The van der Waals surface area contributed by atoms with Crippen LogP contribution < -0.4 is 10.6 Å². The van der Waals surface area contributed by atoms with Crippen LogP contribution in [0.2, 0.25) is 0 Å². The number of likely N-dealkylation sites (tertiary alicyclic amines) is 2. The Morgan fingerprint density at radius 2 is 1.50 bits per heavy atom. The van der Waals surface area contributed by atoms with Crippen molar-refractivity contribution in [1.29, 1.82) is 0 Å². The molecule has 218 valence electrons. The van der Waals surface area contributed by atoms with Crippen molar-refractivity contribution in [2.24, 2.45) is 11.8 Å². The van der Waals surface area contributed by atoms with Crippen molar-refractivity contribution in [3.8, 4) is 0 Å². The van der Waals surface area contributed by atoms with E-state index in [2.05, 4.69) is 10.6 Å². The zero-order chi connectivity index (χ0) is 29.1. The molecule has 1 aromatic carbocycles. The molecule has 0 radical (unpaired) electrons. The first-order chi connectivity index (χ1) is 19.2. The number of benzene rings is 1. The fraction of sp³-hybridized carbons (Fsp3) is 0.571. The van der Waals surface area contributed by atoms with Crippen LogP contribution in [-0.2, 0) is 44.7 Å². The SMILES string of the molecule is CC1C(=O)N(CCC(=O)NCCOCCOCCC(=O)Nc2ccc(CCC(=O)N3CCC3=O)cc2)C(=O)C1C. The average Bonchev–Trinajstić information content (AvgIpc) is 3.11. The molecule has 12 heteroatoms. The van der Waals surface area contributed by atoms with E-state index >= 15 is 0 Å². The molecular weight excluding hydrogens is 520 g/mol. The summed E-state index contributed by atoms with van der Waals surface area (Å²) in [5.41, 5.74) is 1.59. The lowest BCUT2D eigenvalue weighted by molar-refractivity contribution is -0.152. The molecule has 0 aromatic heterocycles. The minimum absolute atomic E-state index is 0.0509. The Balaban J connectivity index is 1.16. The number of β-lactam (4-membered cyclic amide) rings is 1. The number of ether oxygens (including phenoxy) is 2. The van der Waals surface area contributed by atoms with Crippen LogP contribution >= 0.6 is 0 Å². The largest absolute Gasteiger partial charge is 0.379 e. The van der Waals surface area contributed by atoms with Gasteiger partial charge in [-0.05, 0) is 24.1 Å². The maximum atomic E-state index is 12.1. The Morgan fingerprint density at radius 1 is 0.850 bits per heavy atom. The molecule has 0 saturated carbocycles. The quantitative estimate of drug-likeness (QED) is 0.172. The maximum Gasteiger partial charge on any atom is 0.232 e. The number of rotatable bonds is 16. The molecule has 3 rings (SSSR count). The van der Waals surface area contributed by atoms with Crippen LogP contribution in [0.1, 0.15) is 45.1 Å². The lowest BCUT2D eigenvalue weighted by Crippen LogP contribution is -2.47. The summed E-state index contributed by atoms with van der Waals surface area (Å²) in [5.74, 6) is -1.88. The summed E-state index contributed by atoms with van der Waals surface area (Å²) in [6.45, 7) is 5.44. The number of imide groups is 2. The molecule has 0 aliphatic carbocycles. The molecule has 1 aromatic rings. The highest BCUT2D eigenvalue weighted by Crippen LogP contribution is 2.25. The molecule has 12 nitrogen and oxygen atoms in total. The third kappa shape index (κ3) is 8.95. The van der Waals surface area contributed by atoms with E-state index < -0.39 is 0 Å². The lowest BCUT2D eigenvalue weighted by atomic mass is 10.00. The van der Waals surface area contributed by atoms with E-state index in [1.54, 1.807) is 26.0 Å². The van der Waals surface area contributed by atoms with E-state index in [9.17, 15) is 28.8 Å². The Bertz CT molecular complexity index is 1070. The average molecular weight is 559 g/mol. The summed E-state index contributed by atoms with van der Waals surface area (Å²) >= 11 is 0. The molecule has 2 atom stereocenters. The summed E-state index contributed by atoms with van der Waals surface area (Å²) in [5, 5.41) is 5.48. The topological polar surface area (TPSA) is 151 Å². The Kier molecular flexibility index (Phi) is 11.8. The standard InChI is InChI=1S/C28H38N4O8/c1-19-20(2)28(38)32(27(19)37)13-9-23(33)29-12-16-40-18-17-39-15-11-24(34)30-22-6-3-21(4-7-22)5-8-25(35)31-14-10-26(31)36/h3-4,6-7,19-20H,5,8-18H2,1-2H3,(H,29,33)(H,30,34). The van der Waals surface area contributed by atoms with Gasteiger partial charge >= 0.3 is 0 Å². The zero-order valence-corrected chi connectivity index (χ0v) is 23.1. The fourth-order valence-corrected chi connectivity index (χ4v) is 4.24. The number of carbonyl (C=O) groups is 6. The highest BCUT2D eigenvalue weighted by molar-refractivity contribution is 6.05. The van der Waals surface area contributed by atoms with Crippen LogP contribution in [0.4, 0.5) is 5.69 Å². The van der Waals surface area contributed by atoms with Gasteiger partial charge in [0.15, 0.2) is 0 Å². The van der Waals surface area contributed by atoms with Crippen LogP contribution in [0.15, 0.2) is 24.3 Å². The Labute approximate surface area is 233 Å². The smallest absolute Gasteiger partial charge is 0.232 e. The number of carbonyl (C=O) groups excluding carboxylic acids is 6. The van der Waals surface area contributed by atoms with Gasteiger partial charge in [0.05, 0.1) is 32.8 Å². The molecule has 2 aliphatic heterocycles. The number of amides is 6. The molecule has 2 aliphatic rings. The molecule has 2 saturated heterocycles. The summed E-state index contributed by atoms with van der Waals surface area (Å²) in [6, 6.07) is 7.22. The van der Waals surface area contributed by atoms with Gasteiger partial charge in [-0.3, -0.25) is 38.6 Å². The zero-order valence-electron chi connectivity index (χ0n) is 23.1. The monoisotopic (exact) mass is 558 g/mol. The number of hydrogen-bond donors (Lipinski definition) is 2. The molecule has 40 heavy (non-hydrogen) atoms. The number of anilines is 1. The van der Waals surface area contributed by atoms with Crippen molar-refractivity contribution in [1.82, 2.24) is 15.1 Å². The van der Waals surface area contributed by atoms with Crippen molar-refractivity contribution < 1.29 is 38.2 Å². The normalized spacial score (nSPS) is 18.6. The Hall–Kier alpha value is -3.64. The predicted octanol–water partition coefficient (Wildman–Crippen LogP) is 0.887. The van der Waals surface area contributed by atoms with Crippen LogP contribution in [0.5, 0.6) is 0 Å². The third-order valence-corrected chi connectivity index (χ3v) is 7.05. The summed E-state index contributed by atoms with van der Waals surface area (Å²) in [7, 11) is 0. The van der Waals surface area contributed by atoms with Crippen LogP contribution in [0.25, 0.3) is 0 Å². The van der Waals surface area contributed by atoms with E-state index in [4.69, 9.17) is 9.47 Å². The molecule has 2 N–H and O–H groups in total. The number of hydrogen-bond acceptors (Lipinski definition) is 8. The van der Waals surface area contributed by atoms with Crippen molar-refractivity contribution in [3.63, 3.8) is 0 Å².